The number of ether oxygens (including phenoxy) is 1. The molecule has 1 unspecified atom stereocenters. The van der Waals surface area contributed by atoms with Gasteiger partial charge in [-0.3, -0.25) is 9.59 Å². The number of aromatic nitrogens is 1. The molecule has 0 bridgehead atoms. The van der Waals surface area contributed by atoms with Crippen LogP contribution in [0.3, 0.4) is 0 Å². The van der Waals surface area contributed by atoms with Crippen molar-refractivity contribution in [2.75, 3.05) is 6.61 Å². The van der Waals surface area contributed by atoms with E-state index in [1.54, 1.807) is 12.1 Å². The maximum absolute atomic E-state index is 12.7. The van der Waals surface area contributed by atoms with Gasteiger partial charge in [-0.2, -0.15) is 0 Å². The number of primary amides is 1. The normalized spacial score (nSPS) is 11.8. The van der Waals surface area contributed by atoms with E-state index in [-0.39, 0.29) is 6.61 Å². The molecule has 0 aliphatic carbocycles. The summed E-state index contributed by atoms with van der Waals surface area (Å²) in [5.41, 5.74) is 9.86. The standard InChI is InChI=1S/C31H27N3O4/c32-31(37)24-13-7-14-25-29(24)30-26(34(25)18-22-11-5-2-6-12-22)15-8-16-27(30)38-20-28(36)33-23(19-35)17-21-9-3-1-4-10-21/h1-16,19,23H,17-18,20H2,(H2,32,37)(H,33,36). The summed E-state index contributed by atoms with van der Waals surface area (Å²) in [7, 11) is 0. The number of nitrogens with zero attached hydrogens (tertiary/aromatic N) is 1. The predicted molar refractivity (Wildman–Crippen MR) is 147 cm³/mol. The second-order valence-corrected chi connectivity index (χ2v) is 9.07. The van der Waals surface area contributed by atoms with Crippen LogP contribution in [0.4, 0.5) is 0 Å². The van der Waals surface area contributed by atoms with Crippen LogP contribution in [-0.4, -0.2) is 35.3 Å². The minimum atomic E-state index is -0.668. The first kappa shape index (κ1) is 24.8. The van der Waals surface area contributed by atoms with E-state index in [1.807, 2.05) is 84.9 Å². The third kappa shape index (κ3) is 5.13. The molecule has 0 aliphatic heterocycles. The molecule has 38 heavy (non-hydrogen) atoms. The molecule has 5 rings (SSSR count). The van der Waals surface area contributed by atoms with Crippen molar-refractivity contribution in [3.8, 4) is 5.75 Å². The van der Waals surface area contributed by atoms with E-state index in [4.69, 9.17) is 10.5 Å². The summed E-state index contributed by atoms with van der Waals surface area (Å²) < 4.78 is 8.10. The highest BCUT2D eigenvalue weighted by atomic mass is 16.5. The Morgan fingerprint density at radius 3 is 2.11 bits per heavy atom. The van der Waals surface area contributed by atoms with Crippen molar-refractivity contribution in [1.29, 1.82) is 0 Å². The van der Waals surface area contributed by atoms with Gasteiger partial charge in [-0.15, -0.1) is 0 Å². The zero-order chi connectivity index (χ0) is 26.5. The van der Waals surface area contributed by atoms with Crippen molar-refractivity contribution < 1.29 is 19.1 Å². The molecule has 1 heterocycles. The van der Waals surface area contributed by atoms with E-state index >= 15 is 0 Å². The Balaban J connectivity index is 1.46. The molecule has 1 atom stereocenters. The number of carbonyl (C=O) groups is 3. The summed E-state index contributed by atoms with van der Waals surface area (Å²) >= 11 is 0. The van der Waals surface area contributed by atoms with Gasteiger partial charge >= 0.3 is 0 Å². The van der Waals surface area contributed by atoms with Crippen molar-refractivity contribution in [1.82, 2.24) is 9.88 Å². The number of nitrogens with two attached hydrogens (primary N) is 1. The molecule has 7 heteroatoms. The third-order valence-electron chi connectivity index (χ3n) is 6.50. The number of carbonyl (C=O) groups excluding carboxylic acids is 3. The molecule has 4 aromatic carbocycles. The van der Waals surface area contributed by atoms with Crippen LogP contribution in [0.25, 0.3) is 21.8 Å². The first-order valence-electron chi connectivity index (χ1n) is 12.3. The molecule has 0 spiro atoms. The SMILES string of the molecule is NC(=O)c1cccc2c1c1c(OCC(=O)NC(C=O)Cc3ccccc3)cccc1n2Cc1ccccc1. The lowest BCUT2D eigenvalue weighted by atomic mass is 10.1. The lowest BCUT2D eigenvalue weighted by molar-refractivity contribution is -0.125. The fourth-order valence-corrected chi connectivity index (χ4v) is 4.81. The molecule has 0 aliphatic rings. The molecule has 3 N–H and O–H groups in total. The largest absolute Gasteiger partial charge is 0.483 e. The molecule has 0 saturated carbocycles. The van der Waals surface area contributed by atoms with Crippen LogP contribution in [0.15, 0.2) is 97.1 Å². The molecule has 190 valence electrons. The van der Waals surface area contributed by atoms with Crippen LogP contribution < -0.4 is 15.8 Å². The van der Waals surface area contributed by atoms with E-state index in [9.17, 15) is 14.4 Å². The van der Waals surface area contributed by atoms with E-state index in [1.165, 1.54) is 0 Å². The highest BCUT2D eigenvalue weighted by Gasteiger charge is 2.20. The first-order chi connectivity index (χ1) is 18.5. The van der Waals surface area contributed by atoms with Gasteiger partial charge in [0.25, 0.3) is 5.91 Å². The maximum Gasteiger partial charge on any atom is 0.258 e. The number of rotatable bonds is 10. The van der Waals surface area contributed by atoms with Crippen LogP contribution in [-0.2, 0) is 22.6 Å². The molecule has 5 aromatic rings. The van der Waals surface area contributed by atoms with Crippen molar-refractivity contribution in [2.45, 2.75) is 19.0 Å². The zero-order valence-corrected chi connectivity index (χ0v) is 20.7. The number of hydrogen-bond acceptors (Lipinski definition) is 4. The van der Waals surface area contributed by atoms with E-state index in [2.05, 4.69) is 9.88 Å². The van der Waals surface area contributed by atoms with Gasteiger partial charge in [-0.05, 0) is 41.8 Å². The van der Waals surface area contributed by atoms with Gasteiger partial charge in [0, 0.05) is 17.5 Å². The Morgan fingerprint density at radius 1 is 0.816 bits per heavy atom. The predicted octanol–water partition coefficient (Wildman–Crippen LogP) is 4.25. The van der Waals surface area contributed by atoms with Crippen molar-refractivity contribution in [3.05, 3.63) is 114 Å². The minimum Gasteiger partial charge on any atom is -0.483 e. The number of nitrogens with one attached hydrogen (secondary N) is 1. The highest BCUT2D eigenvalue weighted by Crippen LogP contribution is 2.38. The van der Waals surface area contributed by atoms with Gasteiger partial charge in [-0.1, -0.05) is 72.8 Å². The molecule has 0 saturated heterocycles. The Labute approximate surface area is 219 Å². The monoisotopic (exact) mass is 505 g/mol. The molecule has 1 aromatic heterocycles. The van der Waals surface area contributed by atoms with E-state index < -0.39 is 17.9 Å². The zero-order valence-electron chi connectivity index (χ0n) is 20.7. The first-order valence-corrected chi connectivity index (χ1v) is 12.3. The Bertz CT molecular complexity index is 1610. The summed E-state index contributed by atoms with van der Waals surface area (Å²) in [5.74, 6) is -0.510. The maximum atomic E-state index is 12.7. The van der Waals surface area contributed by atoms with Gasteiger partial charge < -0.3 is 25.1 Å². The third-order valence-corrected chi connectivity index (χ3v) is 6.50. The lowest BCUT2D eigenvalue weighted by Gasteiger charge is -2.14. The fraction of sp³-hybridized carbons (Fsp3) is 0.129. The molecule has 0 fully saturated rings. The van der Waals surface area contributed by atoms with Crippen molar-refractivity contribution >= 4 is 39.9 Å². The smallest absolute Gasteiger partial charge is 0.258 e. The Morgan fingerprint density at radius 2 is 1.45 bits per heavy atom. The molecule has 2 amide bonds. The minimum absolute atomic E-state index is 0.289. The van der Waals surface area contributed by atoms with Crippen LogP contribution in [0.5, 0.6) is 5.75 Å². The molecule has 0 radical (unpaired) electrons. The van der Waals surface area contributed by atoms with Gasteiger partial charge in [0.05, 0.1) is 22.5 Å². The van der Waals surface area contributed by atoms with Crippen LogP contribution in [0.1, 0.15) is 21.5 Å². The second kappa shape index (κ2) is 11.0. The van der Waals surface area contributed by atoms with E-state index in [0.717, 1.165) is 28.4 Å². The highest BCUT2D eigenvalue weighted by molar-refractivity contribution is 6.19. The topological polar surface area (TPSA) is 103 Å². The fourth-order valence-electron chi connectivity index (χ4n) is 4.81. The number of hydrogen-bond donors (Lipinski definition) is 2. The van der Waals surface area contributed by atoms with Gasteiger partial charge in [0.2, 0.25) is 5.91 Å². The summed E-state index contributed by atoms with van der Waals surface area (Å²) in [6.07, 6.45) is 1.11. The Kier molecular flexibility index (Phi) is 7.17. The average molecular weight is 506 g/mol. The van der Waals surface area contributed by atoms with Crippen molar-refractivity contribution in [2.24, 2.45) is 5.73 Å². The van der Waals surface area contributed by atoms with Crippen LogP contribution >= 0.6 is 0 Å². The molecule has 7 nitrogen and oxygen atoms in total. The second-order valence-electron chi connectivity index (χ2n) is 9.07. The summed E-state index contributed by atoms with van der Waals surface area (Å²) in [6, 6.07) is 29.8. The van der Waals surface area contributed by atoms with E-state index in [0.29, 0.717) is 35.1 Å². The van der Waals surface area contributed by atoms with Crippen LogP contribution in [0.2, 0.25) is 0 Å². The number of fused-ring (bicyclic) bond motifs is 3. The van der Waals surface area contributed by atoms with Crippen LogP contribution in [0, 0.1) is 0 Å². The molecular weight excluding hydrogens is 478 g/mol. The quantitative estimate of drug-likeness (QED) is 0.277. The Hall–Kier alpha value is -4.91. The van der Waals surface area contributed by atoms with Gasteiger partial charge in [0.1, 0.15) is 12.0 Å². The molecular formula is C31H27N3O4. The number of benzene rings is 4. The van der Waals surface area contributed by atoms with Gasteiger partial charge in [-0.25, -0.2) is 0 Å². The summed E-state index contributed by atoms with van der Waals surface area (Å²) in [4.78, 5) is 36.7. The number of amides is 2. The summed E-state index contributed by atoms with van der Waals surface area (Å²) in [5, 5.41) is 4.11. The van der Waals surface area contributed by atoms with Gasteiger partial charge in [0.15, 0.2) is 6.61 Å². The van der Waals surface area contributed by atoms with Crippen molar-refractivity contribution in [3.63, 3.8) is 0 Å². The average Bonchev–Trinajstić information content (AvgIpc) is 3.26. The number of aldehydes is 1. The summed E-state index contributed by atoms with van der Waals surface area (Å²) in [6.45, 7) is 0.288. The lowest BCUT2D eigenvalue weighted by Crippen LogP contribution is -2.40.